The minimum atomic E-state index is 0.702. The molecule has 3 rings (SSSR count). The fourth-order valence-electron chi connectivity index (χ4n) is 3.00. The summed E-state index contributed by atoms with van der Waals surface area (Å²) in [5, 5.41) is 0. The lowest BCUT2D eigenvalue weighted by molar-refractivity contribution is 0.195. The number of aromatic nitrogens is 2. The van der Waals surface area contributed by atoms with Gasteiger partial charge in [-0.15, -0.1) is 0 Å². The Morgan fingerprint density at radius 2 is 2.32 bits per heavy atom. The minimum Gasteiger partial charge on any atom is -0.331 e. The lowest BCUT2D eigenvalue weighted by atomic mass is 9.98. The highest BCUT2D eigenvalue weighted by atomic mass is 79.9. The molecule has 0 aliphatic carbocycles. The number of nitrogens with one attached hydrogen (secondary N) is 1. The molecule has 0 bridgehead atoms. The van der Waals surface area contributed by atoms with E-state index in [2.05, 4.69) is 55.6 Å². The number of likely N-dealkylation sites (tertiary alicyclic amines) is 1. The number of nitrogens with zero attached hydrogens (tertiary/aromatic N) is 2. The van der Waals surface area contributed by atoms with Gasteiger partial charge in [-0.25, -0.2) is 0 Å². The molecule has 0 spiro atoms. The molecule has 1 unspecified atom stereocenters. The van der Waals surface area contributed by atoms with E-state index >= 15 is 0 Å². The number of piperidine rings is 1. The summed E-state index contributed by atoms with van der Waals surface area (Å²) in [4.78, 5) is 5.72. The standard InChI is InChI=1S/C14H18BrN3S/c1-17-6-2-3-10(8-17)9-18-13-5-4-11(15)7-12(13)16-14(18)19/h4-5,7,10H,2-3,6,8-9H2,1H3,(H,16,19). The number of hydrogen-bond donors (Lipinski definition) is 1. The highest BCUT2D eigenvalue weighted by Crippen LogP contribution is 2.23. The van der Waals surface area contributed by atoms with Gasteiger partial charge >= 0.3 is 0 Å². The van der Waals surface area contributed by atoms with Gasteiger partial charge in [-0.2, -0.15) is 0 Å². The second-order valence-electron chi connectivity index (χ2n) is 5.47. The second-order valence-corrected chi connectivity index (χ2v) is 6.78. The first kappa shape index (κ1) is 13.3. The van der Waals surface area contributed by atoms with Crippen molar-refractivity contribution in [2.45, 2.75) is 19.4 Å². The van der Waals surface area contributed by atoms with Gasteiger partial charge in [-0.3, -0.25) is 0 Å². The van der Waals surface area contributed by atoms with Crippen LogP contribution in [-0.2, 0) is 6.54 Å². The first-order chi connectivity index (χ1) is 9.13. The molecule has 0 saturated carbocycles. The summed E-state index contributed by atoms with van der Waals surface area (Å²) < 4.78 is 4.17. The van der Waals surface area contributed by atoms with Crippen LogP contribution in [-0.4, -0.2) is 34.6 Å². The fourth-order valence-corrected chi connectivity index (χ4v) is 3.64. The molecule has 5 heteroatoms. The maximum Gasteiger partial charge on any atom is 0.178 e. The molecule has 1 aliphatic heterocycles. The van der Waals surface area contributed by atoms with Crippen molar-refractivity contribution in [1.29, 1.82) is 0 Å². The molecule has 0 amide bonds. The molecule has 1 atom stereocenters. The van der Waals surface area contributed by atoms with Crippen LogP contribution in [0.5, 0.6) is 0 Å². The molecular formula is C14H18BrN3S. The summed E-state index contributed by atoms with van der Waals surface area (Å²) in [7, 11) is 2.21. The molecule has 1 N–H and O–H groups in total. The van der Waals surface area contributed by atoms with Crippen molar-refractivity contribution in [1.82, 2.24) is 14.5 Å². The first-order valence-electron chi connectivity index (χ1n) is 6.70. The highest BCUT2D eigenvalue weighted by molar-refractivity contribution is 9.10. The van der Waals surface area contributed by atoms with Gasteiger partial charge in [0.15, 0.2) is 4.77 Å². The molecule has 19 heavy (non-hydrogen) atoms. The van der Waals surface area contributed by atoms with Crippen LogP contribution >= 0.6 is 28.1 Å². The zero-order valence-corrected chi connectivity index (χ0v) is 13.4. The smallest absolute Gasteiger partial charge is 0.178 e. The van der Waals surface area contributed by atoms with Gasteiger partial charge in [0.25, 0.3) is 0 Å². The number of benzene rings is 1. The third-order valence-electron chi connectivity index (χ3n) is 3.90. The summed E-state index contributed by atoms with van der Waals surface area (Å²) in [6.45, 7) is 3.42. The minimum absolute atomic E-state index is 0.702. The Labute approximate surface area is 126 Å². The summed E-state index contributed by atoms with van der Waals surface area (Å²) in [5.74, 6) is 0.702. The van der Waals surface area contributed by atoms with Crippen molar-refractivity contribution in [3.05, 3.63) is 27.4 Å². The predicted molar refractivity (Wildman–Crippen MR) is 85.0 cm³/mol. The van der Waals surface area contributed by atoms with Crippen LogP contribution in [0.15, 0.2) is 22.7 Å². The lowest BCUT2D eigenvalue weighted by Crippen LogP contribution is -2.34. The maximum absolute atomic E-state index is 5.47. The Morgan fingerprint density at radius 1 is 1.47 bits per heavy atom. The highest BCUT2D eigenvalue weighted by Gasteiger charge is 2.18. The summed E-state index contributed by atoms with van der Waals surface area (Å²) in [6, 6.07) is 6.31. The predicted octanol–water partition coefficient (Wildman–Crippen LogP) is 3.80. The van der Waals surface area contributed by atoms with Crippen LogP contribution < -0.4 is 0 Å². The van der Waals surface area contributed by atoms with E-state index in [-0.39, 0.29) is 0 Å². The lowest BCUT2D eigenvalue weighted by Gasteiger charge is -2.29. The van der Waals surface area contributed by atoms with E-state index in [9.17, 15) is 0 Å². The summed E-state index contributed by atoms with van der Waals surface area (Å²) in [6.07, 6.45) is 2.59. The van der Waals surface area contributed by atoms with Crippen LogP contribution in [0.4, 0.5) is 0 Å². The molecule has 2 aromatic rings. The Kier molecular flexibility index (Phi) is 3.78. The molecule has 1 aromatic heterocycles. The molecule has 102 valence electrons. The topological polar surface area (TPSA) is 24.0 Å². The summed E-state index contributed by atoms with van der Waals surface area (Å²) >= 11 is 8.98. The molecule has 3 nitrogen and oxygen atoms in total. The first-order valence-corrected chi connectivity index (χ1v) is 7.90. The van der Waals surface area contributed by atoms with Crippen LogP contribution in [0.2, 0.25) is 0 Å². The molecule has 2 heterocycles. The zero-order valence-electron chi connectivity index (χ0n) is 11.0. The van der Waals surface area contributed by atoms with Crippen molar-refractivity contribution < 1.29 is 0 Å². The SMILES string of the molecule is CN1CCCC(Cn2c(=S)[nH]c3cc(Br)ccc32)C1. The van der Waals surface area contributed by atoms with Gasteiger partial charge < -0.3 is 14.5 Å². The van der Waals surface area contributed by atoms with Crippen molar-refractivity contribution >= 4 is 39.2 Å². The maximum atomic E-state index is 5.47. The Hall–Kier alpha value is -0.650. The van der Waals surface area contributed by atoms with E-state index in [1.54, 1.807) is 0 Å². The number of halogens is 1. The van der Waals surface area contributed by atoms with Crippen molar-refractivity contribution in [2.24, 2.45) is 5.92 Å². The van der Waals surface area contributed by atoms with E-state index in [0.29, 0.717) is 5.92 Å². The third-order valence-corrected chi connectivity index (χ3v) is 4.71. The number of aromatic amines is 1. The van der Waals surface area contributed by atoms with Gasteiger partial charge in [0, 0.05) is 17.6 Å². The number of H-pyrrole nitrogens is 1. The van der Waals surface area contributed by atoms with E-state index in [4.69, 9.17) is 12.2 Å². The summed E-state index contributed by atoms with van der Waals surface area (Å²) in [5.41, 5.74) is 2.32. The fraction of sp³-hybridized carbons (Fsp3) is 0.500. The number of hydrogen-bond acceptors (Lipinski definition) is 2. The van der Waals surface area contributed by atoms with E-state index in [1.807, 2.05) is 0 Å². The molecule has 1 saturated heterocycles. The van der Waals surface area contributed by atoms with Gasteiger partial charge in [0.2, 0.25) is 0 Å². The van der Waals surface area contributed by atoms with Crippen LogP contribution in [0, 0.1) is 10.7 Å². The largest absolute Gasteiger partial charge is 0.331 e. The van der Waals surface area contributed by atoms with E-state index in [0.717, 1.165) is 21.3 Å². The monoisotopic (exact) mass is 339 g/mol. The Morgan fingerprint density at radius 3 is 3.11 bits per heavy atom. The van der Waals surface area contributed by atoms with Gasteiger partial charge in [-0.1, -0.05) is 15.9 Å². The average molecular weight is 340 g/mol. The molecule has 1 aromatic carbocycles. The normalized spacial score (nSPS) is 21.1. The van der Waals surface area contributed by atoms with E-state index in [1.165, 1.54) is 31.4 Å². The quantitative estimate of drug-likeness (QED) is 0.841. The van der Waals surface area contributed by atoms with Gasteiger partial charge in [0.05, 0.1) is 11.0 Å². The van der Waals surface area contributed by atoms with Crippen LogP contribution in [0.3, 0.4) is 0 Å². The molecular weight excluding hydrogens is 322 g/mol. The van der Waals surface area contributed by atoms with Crippen LogP contribution in [0.25, 0.3) is 11.0 Å². The van der Waals surface area contributed by atoms with Crippen molar-refractivity contribution in [3.63, 3.8) is 0 Å². The zero-order chi connectivity index (χ0) is 13.4. The third kappa shape index (κ3) is 2.78. The Bertz CT molecular complexity index is 646. The number of fused-ring (bicyclic) bond motifs is 1. The van der Waals surface area contributed by atoms with Crippen LogP contribution in [0.1, 0.15) is 12.8 Å². The van der Waals surface area contributed by atoms with E-state index < -0.39 is 0 Å². The molecule has 1 fully saturated rings. The van der Waals surface area contributed by atoms with Gasteiger partial charge in [-0.05, 0) is 62.8 Å². The van der Waals surface area contributed by atoms with Crippen molar-refractivity contribution in [3.8, 4) is 0 Å². The molecule has 0 radical (unpaired) electrons. The Balaban J connectivity index is 1.92. The number of rotatable bonds is 2. The average Bonchev–Trinajstić information content (AvgIpc) is 2.65. The number of imidazole rings is 1. The second kappa shape index (κ2) is 5.38. The van der Waals surface area contributed by atoms with Gasteiger partial charge in [0.1, 0.15) is 0 Å². The molecule has 1 aliphatic rings. The van der Waals surface area contributed by atoms with Crippen molar-refractivity contribution in [2.75, 3.05) is 20.1 Å².